The average molecular weight is 269 g/mol. The van der Waals surface area contributed by atoms with Gasteiger partial charge in [-0.3, -0.25) is 14.6 Å². The molecule has 0 radical (unpaired) electrons. The van der Waals surface area contributed by atoms with Crippen molar-refractivity contribution in [3.8, 4) is 0 Å². The Morgan fingerprint density at radius 2 is 2.35 bits per heavy atom. The van der Waals surface area contributed by atoms with E-state index in [2.05, 4.69) is 4.98 Å². The van der Waals surface area contributed by atoms with Crippen LogP contribution in [0.4, 0.5) is 0 Å². The van der Waals surface area contributed by atoms with Crippen molar-refractivity contribution >= 4 is 34.2 Å². The molecule has 0 aliphatic rings. The highest BCUT2D eigenvalue weighted by molar-refractivity contribution is 8.13. The van der Waals surface area contributed by atoms with E-state index < -0.39 is 0 Å². The van der Waals surface area contributed by atoms with E-state index >= 15 is 0 Å². The fourth-order valence-corrected chi connectivity index (χ4v) is 1.96. The molecule has 3 N–H and O–H groups in total. The lowest BCUT2D eigenvalue weighted by Gasteiger charge is -2.03. The second-order valence-electron chi connectivity index (χ2n) is 3.31. The maximum Gasteiger partial charge on any atom is 0.258 e. The number of nitrogens with two attached hydrogens (primary N) is 1. The number of amidine groups is 1. The topological polar surface area (TPSA) is 84.2 Å². The smallest absolute Gasteiger partial charge is 0.258 e. The van der Waals surface area contributed by atoms with Gasteiger partial charge in [-0.2, -0.15) is 0 Å². The van der Waals surface area contributed by atoms with E-state index in [-0.39, 0.29) is 10.7 Å². The molecule has 0 atom stereocenters. The van der Waals surface area contributed by atoms with Gasteiger partial charge < -0.3 is 5.73 Å². The summed E-state index contributed by atoms with van der Waals surface area (Å²) < 4.78 is 1.38. The van der Waals surface area contributed by atoms with Crippen molar-refractivity contribution < 1.29 is 0 Å². The Balaban J connectivity index is 2.45. The van der Waals surface area contributed by atoms with Crippen LogP contribution in [0, 0.1) is 5.41 Å². The van der Waals surface area contributed by atoms with Crippen LogP contribution in [0.3, 0.4) is 0 Å². The summed E-state index contributed by atoms with van der Waals surface area (Å²) >= 11 is 6.93. The van der Waals surface area contributed by atoms with Gasteiger partial charge in [0.1, 0.15) is 5.65 Å². The van der Waals surface area contributed by atoms with E-state index in [1.165, 1.54) is 16.7 Å². The summed E-state index contributed by atoms with van der Waals surface area (Å²) in [5, 5.41) is 7.58. The van der Waals surface area contributed by atoms with Crippen molar-refractivity contribution in [3.63, 3.8) is 0 Å². The van der Waals surface area contributed by atoms with E-state index in [0.717, 1.165) is 11.8 Å². The van der Waals surface area contributed by atoms with Crippen LogP contribution in [-0.4, -0.2) is 14.6 Å². The third-order valence-corrected chi connectivity index (χ3v) is 3.03. The van der Waals surface area contributed by atoms with Gasteiger partial charge >= 0.3 is 0 Å². The van der Waals surface area contributed by atoms with Crippen LogP contribution >= 0.6 is 23.4 Å². The molecular weight excluding hydrogens is 260 g/mol. The highest BCUT2D eigenvalue weighted by Crippen LogP contribution is 2.11. The van der Waals surface area contributed by atoms with Gasteiger partial charge in [-0.05, 0) is 12.1 Å². The minimum absolute atomic E-state index is 0.00288. The Morgan fingerprint density at radius 3 is 3.06 bits per heavy atom. The maximum absolute atomic E-state index is 11.8. The number of hydrogen-bond acceptors (Lipinski definition) is 4. The second-order valence-corrected chi connectivity index (χ2v) is 4.77. The van der Waals surface area contributed by atoms with Gasteiger partial charge in [-0.25, -0.2) is 4.98 Å². The zero-order chi connectivity index (χ0) is 12.4. The Kier molecular flexibility index (Phi) is 3.35. The first-order chi connectivity index (χ1) is 8.06. The lowest BCUT2D eigenvalue weighted by Crippen LogP contribution is -2.15. The molecule has 2 rings (SSSR count). The van der Waals surface area contributed by atoms with Gasteiger partial charge in [0.2, 0.25) is 0 Å². The predicted molar refractivity (Wildman–Crippen MR) is 69.7 cm³/mol. The summed E-state index contributed by atoms with van der Waals surface area (Å²) in [5.74, 6) is 0.406. The van der Waals surface area contributed by atoms with Crippen molar-refractivity contribution in [2.24, 2.45) is 5.73 Å². The molecule has 0 spiro atoms. The molecule has 0 aromatic carbocycles. The summed E-state index contributed by atoms with van der Waals surface area (Å²) in [5.41, 5.74) is 6.15. The fourth-order valence-electron chi connectivity index (χ4n) is 1.35. The molecule has 0 saturated heterocycles. The SMILES string of the molecule is N=C(N)SCc1cc(=O)n2cc(Cl)ccc2n1. The van der Waals surface area contributed by atoms with Gasteiger partial charge in [-0.15, -0.1) is 0 Å². The molecule has 2 aromatic heterocycles. The second kappa shape index (κ2) is 4.77. The molecule has 0 unspecified atom stereocenters. The van der Waals surface area contributed by atoms with Crippen LogP contribution < -0.4 is 11.3 Å². The van der Waals surface area contributed by atoms with Crippen molar-refractivity contribution in [1.29, 1.82) is 5.41 Å². The van der Waals surface area contributed by atoms with Crippen molar-refractivity contribution in [2.75, 3.05) is 0 Å². The number of nitrogens with one attached hydrogen (secondary N) is 1. The molecular formula is C10H9ClN4OS. The molecule has 0 saturated carbocycles. The monoisotopic (exact) mass is 268 g/mol. The predicted octanol–water partition coefficient (Wildman–Crippen LogP) is 1.47. The molecule has 0 aliphatic heterocycles. The van der Waals surface area contributed by atoms with E-state index in [1.54, 1.807) is 12.1 Å². The van der Waals surface area contributed by atoms with Crippen molar-refractivity contribution in [3.05, 3.63) is 45.5 Å². The maximum atomic E-state index is 11.8. The zero-order valence-corrected chi connectivity index (χ0v) is 10.3. The van der Waals surface area contributed by atoms with Crippen LogP contribution in [0.1, 0.15) is 5.69 Å². The Hall–Kier alpha value is -1.53. The van der Waals surface area contributed by atoms with Crippen LogP contribution in [-0.2, 0) is 5.75 Å². The molecule has 88 valence electrons. The van der Waals surface area contributed by atoms with Crippen molar-refractivity contribution in [1.82, 2.24) is 9.38 Å². The van der Waals surface area contributed by atoms with E-state index in [4.69, 9.17) is 22.7 Å². The summed E-state index contributed by atoms with van der Waals surface area (Å²) in [6.07, 6.45) is 1.52. The highest BCUT2D eigenvalue weighted by atomic mass is 35.5. The quantitative estimate of drug-likeness (QED) is 0.638. The number of halogens is 1. The van der Waals surface area contributed by atoms with E-state index in [0.29, 0.717) is 22.1 Å². The van der Waals surface area contributed by atoms with E-state index in [1.807, 2.05) is 0 Å². The van der Waals surface area contributed by atoms with Gasteiger partial charge in [-0.1, -0.05) is 23.4 Å². The van der Waals surface area contributed by atoms with Crippen molar-refractivity contribution in [2.45, 2.75) is 5.75 Å². The molecule has 0 aliphatic carbocycles. The first-order valence-electron chi connectivity index (χ1n) is 4.71. The Morgan fingerprint density at radius 1 is 1.59 bits per heavy atom. The van der Waals surface area contributed by atoms with Crippen LogP contribution in [0.5, 0.6) is 0 Å². The number of hydrogen-bond donors (Lipinski definition) is 2. The lowest BCUT2D eigenvalue weighted by molar-refractivity contribution is 1.01. The lowest BCUT2D eigenvalue weighted by atomic mass is 10.4. The van der Waals surface area contributed by atoms with Gasteiger partial charge in [0, 0.05) is 18.0 Å². The molecule has 7 heteroatoms. The normalized spacial score (nSPS) is 10.6. The summed E-state index contributed by atoms with van der Waals surface area (Å²) in [6.45, 7) is 0. The Labute approximate surface area is 106 Å². The number of thioether (sulfide) groups is 1. The first kappa shape index (κ1) is 11.9. The molecule has 0 fully saturated rings. The van der Waals surface area contributed by atoms with E-state index in [9.17, 15) is 4.79 Å². The third-order valence-electron chi connectivity index (χ3n) is 2.05. The largest absolute Gasteiger partial charge is 0.379 e. The molecule has 17 heavy (non-hydrogen) atoms. The van der Waals surface area contributed by atoms with Crippen LogP contribution in [0.15, 0.2) is 29.2 Å². The minimum atomic E-state index is -0.198. The number of nitrogens with zero attached hydrogens (tertiary/aromatic N) is 2. The minimum Gasteiger partial charge on any atom is -0.379 e. The third kappa shape index (κ3) is 2.78. The van der Waals surface area contributed by atoms with Crippen LogP contribution in [0.2, 0.25) is 5.02 Å². The number of rotatable bonds is 2. The molecule has 2 heterocycles. The van der Waals surface area contributed by atoms with Gasteiger partial charge in [0.15, 0.2) is 5.17 Å². The van der Waals surface area contributed by atoms with Gasteiger partial charge in [0.25, 0.3) is 5.56 Å². The molecule has 2 aromatic rings. The highest BCUT2D eigenvalue weighted by Gasteiger charge is 2.03. The number of fused-ring (bicyclic) bond motifs is 1. The summed E-state index contributed by atoms with van der Waals surface area (Å²) in [7, 11) is 0. The fraction of sp³-hybridized carbons (Fsp3) is 0.100. The average Bonchev–Trinajstić information content (AvgIpc) is 2.27. The van der Waals surface area contributed by atoms with Crippen LogP contribution in [0.25, 0.3) is 5.65 Å². The summed E-state index contributed by atoms with van der Waals surface area (Å²) in [6, 6.07) is 4.76. The number of aromatic nitrogens is 2. The van der Waals surface area contributed by atoms with Gasteiger partial charge in [0.05, 0.1) is 10.7 Å². The first-order valence-corrected chi connectivity index (χ1v) is 6.07. The number of pyridine rings is 1. The standard InChI is InChI=1S/C10H9ClN4OS/c11-6-1-2-8-14-7(5-17-10(12)13)3-9(16)15(8)4-6/h1-4H,5H2,(H3,12,13). The molecule has 0 bridgehead atoms. The molecule has 0 amide bonds. The molecule has 5 nitrogen and oxygen atoms in total. The Bertz CT molecular complexity index is 640. The zero-order valence-electron chi connectivity index (χ0n) is 8.68. The summed E-state index contributed by atoms with van der Waals surface area (Å²) in [4.78, 5) is 16.0.